The molecule has 1 unspecified atom stereocenters. The van der Waals surface area contributed by atoms with Gasteiger partial charge in [0.15, 0.2) is 0 Å². The Hall–Kier alpha value is -1.59. The number of ether oxygens (including phenoxy) is 1. The Kier molecular flexibility index (Phi) is 5.20. The molecule has 1 aromatic carbocycles. The summed E-state index contributed by atoms with van der Waals surface area (Å²) in [5.74, 6) is 0. The highest BCUT2D eigenvalue weighted by Gasteiger charge is 2.27. The van der Waals surface area contributed by atoms with Crippen molar-refractivity contribution < 1.29 is 9.53 Å². The number of nitrogens with two attached hydrogens (primary N) is 1. The first-order valence-electron chi connectivity index (χ1n) is 7.47. The summed E-state index contributed by atoms with van der Waals surface area (Å²) in [4.78, 5) is 11.9. The van der Waals surface area contributed by atoms with Crippen LogP contribution in [-0.4, -0.2) is 25.8 Å². The molecule has 1 aliphatic heterocycles. The molecular weight excluding hydrogens is 266 g/mol. The standard InChI is InChI=1S/C16H25N3O2/c1-12(17)13-3-5-14(6-4-13)19-15(20)18-11-16(2)7-9-21-10-8-16/h3-6,12H,7-11,17H2,1-2H3,(H2,18,19,20). The van der Waals surface area contributed by atoms with Crippen LogP contribution in [0.5, 0.6) is 0 Å². The van der Waals surface area contributed by atoms with Gasteiger partial charge in [-0.2, -0.15) is 0 Å². The van der Waals surface area contributed by atoms with E-state index in [4.69, 9.17) is 10.5 Å². The average Bonchev–Trinajstić information content (AvgIpc) is 2.47. The predicted molar refractivity (Wildman–Crippen MR) is 84.2 cm³/mol. The first kappa shape index (κ1) is 15.8. The molecule has 1 heterocycles. The molecule has 1 aromatic rings. The fourth-order valence-corrected chi connectivity index (χ4v) is 2.38. The van der Waals surface area contributed by atoms with Crippen LogP contribution in [0.4, 0.5) is 10.5 Å². The van der Waals surface area contributed by atoms with Crippen LogP contribution < -0.4 is 16.4 Å². The van der Waals surface area contributed by atoms with Gasteiger partial charge in [-0.1, -0.05) is 19.1 Å². The Morgan fingerprint density at radius 2 is 1.95 bits per heavy atom. The minimum absolute atomic E-state index is 0.00125. The number of rotatable bonds is 4. The van der Waals surface area contributed by atoms with E-state index in [0.29, 0.717) is 6.54 Å². The Labute approximate surface area is 126 Å². The average molecular weight is 291 g/mol. The monoisotopic (exact) mass is 291 g/mol. The summed E-state index contributed by atoms with van der Waals surface area (Å²) < 4.78 is 5.36. The summed E-state index contributed by atoms with van der Waals surface area (Å²) in [6, 6.07) is 7.43. The second kappa shape index (κ2) is 6.91. The van der Waals surface area contributed by atoms with E-state index < -0.39 is 0 Å². The number of carbonyl (C=O) groups is 1. The van der Waals surface area contributed by atoms with Gasteiger partial charge in [0, 0.05) is 31.5 Å². The lowest BCUT2D eigenvalue weighted by molar-refractivity contribution is 0.0254. The van der Waals surface area contributed by atoms with E-state index in [-0.39, 0.29) is 17.5 Å². The SMILES string of the molecule is CC(N)c1ccc(NC(=O)NCC2(C)CCOCC2)cc1. The van der Waals surface area contributed by atoms with Gasteiger partial charge in [0.2, 0.25) is 0 Å². The molecular formula is C16H25N3O2. The maximum Gasteiger partial charge on any atom is 0.319 e. The van der Waals surface area contributed by atoms with Crippen molar-refractivity contribution >= 4 is 11.7 Å². The van der Waals surface area contributed by atoms with Gasteiger partial charge < -0.3 is 21.1 Å². The van der Waals surface area contributed by atoms with Crippen LogP contribution in [0.2, 0.25) is 0 Å². The third-order valence-corrected chi connectivity index (χ3v) is 4.07. The number of hydrogen-bond donors (Lipinski definition) is 3. The van der Waals surface area contributed by atoms with Gasteiger partial charge in [-0.25, -0.2) is 4.79 Å². The molecule has 0 aromatic heterocycles. The van der Waals surface area contributed by atoms with Crippen molar-refractivity contribution in [3.63, 3.8) is 0 Å². The van der Waals surface area contributed by atoms with Gasteiger partial charge in [0.1, 0.15) is 0 Å². The molecule has 0 radical (unpaired) electrons. The lowest BCUT2D eigenvalue weighted by Gasteiger charge is -2.33. The number of nitrogens with one attached hydrogen (secondary N) is 2. The van der Waals surface area contributed by atoms with Crippen molar-refractivity contribution in [2.45, 2.75) is 32.7 Å². The third kappa shape index (κ3) is 4.72. The normalized spacial score (nSPS) is 18.8. The second-order valence-electron chi connectivity index (χ2n) is 6.14. The number of benzene rings is 1. The van der Waals surface area contributed by atoms with Crippen molar-refractivity contribution in [2.24, 2.45) is 11.1 Å². The number of anilines is 1. The fraction of sp³-hybridized carbons (Fsp3) is 0.562. The Morgan fingerprint density at radius 1 is 1.33 bits per heavy atom. The van der Waals surface area contributed by atoms with Crippen LogP contribution in [0, 0.1) is 5.41 Å². The summed E-state index contributed by atoms with van der Waals surface area (Å²) >= 11 is 0. The minimum Gasteiger partial charge on any atom is -0.381 e. The van der Waals surface area contributed by atoms with Crippen LogP contribution in [-0.2, 0) is 4.74 Å². The molecule has 1 aliphatic rings. The van der Waals surface area contributed by atoms with E-state index in [0.717, 1.165) is 37.3 Å². The molecule has 21 heavy (non-hydrogen) atoms. The molecule has 1 fully saturated rings. The van der Waals surface area contributed by atoms with Crippen molar-refractivity contribution in [3.8, 4) is 0 Å². The molecule has 0 bridgehead atoms. The van der Waals surface area contributed by atoms with Crippen LogP contribution in [0.25, 0.3) is 0 Å². The van der Waals surface area contributed by atoms with Gasteiger partial charge in [-0.05, 0) is 42.9 Å². The van der Waals surface area contributed by atoms with Crippen LogP contribution >= 0.6 is 0 Å². The summed E-state index contributed by atoms with van der Waals surface area (Å²) in [5, 5.41) is 5.79. The maximum atomic E-state index is 11.9. The van der Waals surface area contributed by atoms with E-state index >= 15 is 0 Å². The molecule has 4 N–H and O–H groups in total. The largest absolute Gasteiger partial charge is 0.381 e. The minimum atomic E-state index is -0.170. The molecule has 0 saturated carbocycles. The van der Waals surface area contributed by atoms with Crippen LogP contribution in [0.15, 0.2) is 24.3 Å². The van der Waals surface area contributed by atoms with Crippen molar-refractivity contribution in [1.29, 1.82) is 0 Å². The third-order valence-electron chi connectivity index (χ3n) is 4.07. The highest BCUT2D eigenvalue weighted by atomic mass is 16.5. The second-order valence-corrected chi connectivity index (χ2v) is 6.14. The molecule has 1 atom stereocenters. The zero-order valence-corrected chi connectivity index (χ0v) is 12.8. The van der Waals surface area contributed by atoms with Crippen LogP contribution in [0.1, 0.15) is 38.3 Å². The first-order valence-corrected chi connectivity index (χ1v) is 7.47. The van der Waals surface area contributed by atoms with E-state index in [1.165, 1.54) is 0 Å². The Bertz CT molecular complexity index is 465. The van der Waals surface area contributed by atoms with E-state index in [2.05, 4.69) is 17.6 Å². The zero-order chi connectivity index (χ0) is 15.3. The van der Waals surface area contributed by atoms with Gasteiger partial charge in [0.25, 0.3) is 0 Å². The highest BCUT2D eigenvalue weighted by molar-refractivity contribution is 5.89. The first-order chi connectivity index (χ1) is 9.98. The molecule has 0 aliphatic carbocycles. The number of hydrogen-bond acceptors (Lipinski definition) is 3. The van der Waals surface area contributed by atoms with E-state index in [1.807, 2.05) is 31.2 Å². The predicted octanol–water partition coefficient (Wildman–Crippen LogP) is 2.64. The van der Waals surface area contributed by atoms with Crippen molar-refractivity contribution in [3.05, 3.63) is 29.8 Å². The molecule has 5 heteroatoms. The summed E-state index contributed by atoms with van der Waals surface area (Å²) in [7, 11) is 0. The van der Waals surface area contributed by atoms with Crippen LogP contribution in [0.3, 0.4) is 0 Å². The lowest BCUT2D eigenvalue weighted by Crippen LogP contribution is -2.41. The zero-order valence-electron chi connectivity index (χ0n) is 12.8. The van der Waals surface area contributed by atoms with E-state index in [9.17, 15) is 4.79 Å². The van der Waals surface area contributed by atoms with Crippen molar-refractivity contribution in [1.82, 2.24) is 5.32 Å². The van der Waals surface area contributed by atoms with Crippen molar-refractivity contribution in [2.75, 3.05) is 25.1 Å². The Balaban J connectivity index is 1.81. The molecule has 0 spiro atoms. The molecule has 116 valence electrons. The topological polar surface area (TPSA) is 76.4 Å². The van der Waals surface area contributed by atoms with E-state index in [1.54, 1.807) is 0 Å². The number of urea groups is 1. The lowest BCUT2D eigenvalue weighted by atomic mass is 9.82. The molecule has 1 saturated heterocycles. The quantitative estimate of drug-likeness (QED) is 0.798. The Morgan fingerprint density at radius 3 is 2.52 bits per heavy atom. The molecule has 2 rings (SSSR count). The summed E-state index contributed by atoms with van der Waals surface area (Å²) in [6.07, 6.45) is 1.97. The fourth-order valence-electron chi connectivity index (χ4n) is 2.38. The maximum absolute atomic E-state index is 11.9. The molecule has 5 nitrogen and oxygen atoms in total. The number of carbonyl (C=O) groups excluding carboxylic acids is 1. The summed E-state index contributed by atoms with van der Waals surface area (Å²) in [5.41, 5.74) is 7.76. The van der Waals surface area contributed by atoms with Gasteiger partial charge in [-0.15, -0.1) is 0 Å². The smallest absolute Gasteiger partial charge is 0.319 e. The number of amides is 2. The van der Waals surface area contributed by atoms with Gasteiger partial charge in [0.05, 0.1) is 0 Å². The van der Waals surface area contributed by atoms with Gasteiger partial charge >= 0.3 is 6.03 Å². The summed E-state index contributed by atoms with van der Waals surface area (Å²) in [6.45, 7) is 6.34. The van der Waals surface area contributed by atoms with Gasteiger partial charge in [-0.3, -0.25) is 0 Å². The highest BCUT2D eigenvalue weighted by Crippen LogP contribution is 2.28. The molecule has 2 amide bonds.